The van der Waals surface area contributed by atoms with E-state index in [1.54, 1.807) is 14.2 Å². The maximum atomic E-state index is 11.4. The lowest BCUT2D eigenvalue weighted by Gasteiger charge is -2.25. The van der Waals surface area contributed by atoms with Crippen molar-refractivity contribution in [2.24, 2.45) is 0 Å². The number of imidazole rings is 1. The molecule has 32 heavy (non-hydrogen) atoms. The van der Waals surface area contributed by atoms with Gasteiger partial charge in [-0.25, -0.2) is 4.98 Å². The molecule has 168 valence electrons. The number of carbonyl (C=O) groups is 1. The van der Waals surface area contributed by atoms with Crippen LogP contribution in [0.5, 0.6) is 11.5 Å². The number of nitrogens with zero attached hydrogens (tertiary/aromatic N) is 2. The molecule has 0 spiro atoms. The first-order valence-electron chi connectivity index (χ1n) is 10.3. The molecule has 7 nitrogen and oxygen atoms in total. The van der Waals surface area contributed by atoms with Crippen LogP contribution in [0.25, 0.3) is 5.69 Å². The summed E-state index contributed by atoms with van der Waals surface area (Å²) in [4.78, 5) is 16.1. The summed E-state index contributed by atoms with van der Waals surface area (Å²) in [5.41, 5.74) is 4.31. The Morgan fingerprint density at radius 2 is 1.97 bits per heavy atom. The van der Waals surface area contributed by atoms with Gasteiger partial charge in [0.1, 0.15) is 18.0 Å². The monoisotopic (exact) mass is 456 g/mol. The number of aromatic nitrogens is 2. The standard InChI is InChI=1S/C24H25ClN2O5/c1-13-14(2)27-18-9-8-15(25)12-17(18)22(16-6-5-7-19(30-3)23(16)31-4)32-20(24(27)26-13)10-11-21(28)29/h5-9,12,20,22H,10-11H2,1-4H3,(H,28,29)/t20-,22-/m0/s1. The molecule has 0 fully saturated rings. The SMILES string of the molecule is COc1cccc([C@@H]2O[C@@H](CCC(=O)O)c3nc(C)c(C)n3-c3ccc(Cl)cc32)c1OC. The highest BCUT2D eigenvalue weighted by atomic mass is 35.5. The van der Waals surface area contributed by atoms with Crippen molar-refractivity contribution in [1.29, 1.82) is 0 Å². The zero-order valence-corrected chi connectivity index (χ0v) is 19.1. The van der Waals surface area contributed by atoms with Crippen LogP contribution in [-0.2, 0) is 9.53 Å². The average molecular weight is 457 g/mol. The number of aryl methyl sites for hydroxylation is 1. The number of carboxylic acids is 1. The summed E-state index contributed by atoms with van der Waals surface area (Å²) in [6, 6.07) is 11.2. The molecule has 2 atom stereocenters. The summed E-state index contributed by atoms with van der Waals surface area (Å²) in [5, 5.41) is 9.90. The van der Waals surface area contributed by atoms with E-state index >= 15 is 0 Å². The van der Waals surface area contributed by atoms with Crippen LogP contribution < -0.4 is 9.47 Å². The highest BCUT2D eigenvalue weighted by molar-refractivity contribution is 6.30. The second-order valence-corrected chi connectivity index (χ2v) is 8.14. The summed E-state index contributed by atoms with van der Waals surface area (Å²) in [6.07, 6.45) is -0.899. The van der Waals surface area contributed by atoms with Gasteiger partial charge in [0.2, 0.25) is 0 Å². The molecule has 0 radical (unpaired) electrons. The summed E-state index contributed by atoms with van der Waals surface area (Å²) in [7, 11) is 3.16. The minimum absolute atomic E-state index is 0.0469. The van der Waals surface area contributed by atoms with Crippen molar-refractivity contribution >= 4 is 17.6 Å². The molecule has 0 aliphatic carbocycles. The van der Waals surface area contributed by atoms with Crippen LogP contribution in [0.15, 0.2) is 36.4 Å². The largest absolute Gasteiger partial charge is 0.493 e. The predicted molar refractivity (Wildman–Crippen MR) is 120 cm³/mol. The lowest BCUT2D eigenvalue weighted by Crippen LogP contribution is -2.14. The lowest BCUT2D eigenvalue weighted by molar-refractivity contribution is -0.138. The van der Waals surface area contributed by atoms with Crippen molar-refractivity contribution in [3.05, 3.63) is 69.8 Å². The van der Waals surface area contributed by atoms with Crippen LogP contribution in [0.1, 0.15) is 53.4 Å². The van der Waals surface area contributed by atoms with Crippen LogP contribution in [0.4, 0.5) is 0 Å². The number of ether oxygens (including phenoxy) is 3. The van der Waals surface area contributed by atoms with Crippen LogP contribution in [0.3, 0.4) is 0 Å². The van der Waals surface area contributed by atoms with Crippen molar-refractivity contribution < 1.29 is 24.1 Å². The maximum absolute atomic E-state index is 11.4. The number of benzene rings is 2. The summed E-state index contributed by atoms with van der Waals surface area (Å²) in [6.45, 7) is 3.92. The zero-order chi connectivity index (χ0) is 23.0. The Balaban J connectivity index is 1.97. The van der Waals surface area contributed by atoms with Gasteiger partial charge in [-0.1, -0.05) is 23.7 Å². The van der Waals surface area contributed by atoms with Crippen molar-refractivity contribution in [2.45, 2.75) is 38.9 Å². The molecule has 8 heteroatoms. The molecule has 2 heterocycles. The Labute approximate surface area is 191 Å². The second kappa shape index (κ2) is 8.84. The van der Waals surface area contributed by atoms with E-state index in [0.717, 1.165) is 28.2 Å². The number of aliphatic carboxylic acids is 1. The smallest absolute Gasteiger partial charge is 0.303 e. The maximum Gasteiger partial charge on any atom is 0.303 e. The molecule has 1 aliphatic rings. The molecule has 4 rings (SSSR count). The number of rotatable bonds is 6. The predicted octanol–water partition coefficient (Wildman–Crippen LogP) is 5.19. The van der Waals surface area contributed by atoms with E-state index in [1.807, 2.05) is 54.8 Å². The quantitative estimate of drug-likeness (QED) is 0.550. The highest BCUT2D eigenvalue weighted by Gasteiger charge is 2.35. The first-order valence-corrected chi connectivity index (χ1v) is 10.7. The van der Waals surface area contributed by atoms with Gasteiger partial charge in [0, 0.05) is 28.3 Å². The molecule has 2 aromatic carbocycles. The number of carboxylic acid groups (broad SMARTS) is 1. The van der Waals surface area contributed by atoms with E-state index in [2.05, 4.69) is 0 Å². The minimum Gasteiger partial charge on any atom is -0.493 e. The van der Waals surface area contributed by atoms with Gasteiger partial charge in [-0.15, -0.1) is 0 Å². The van der Waals surface area contributed by atoms with Crippen LogP contribution in [0, 0.1) is 13.8 Å². The number of para-hydroxylation sites is 1. The fourth-order valence-electron chi connectivity index (χ4n) is 4.20. The van der Waals surface area contributed by atoms with Crippen molar-refractivity contribution in [2.75, 3.05) is 14.2 Å². The third-order valence-electron chi connectivity index (χ3n) is 5.81. The van der Waals surface area contributed by atoms with Crippen LogP contribution in [0.2, 0.25) is 5.02 Å². The van der Waals surface area contributed by atoms with Gasteiger partial charge in [0.25, 0.3) is 0 Å². The van der Waals surface area contributed by atoms with E-state index in [9.17, 15) is 9.90 Å². The molecule has 1 aromatic heterocycles. The molecule has 0 unspecified atom stereocenters. The topological polar surface area (TPSA) is 82.8 Å². The van der Waals surface area contributed by atoms with Crippen molar-refractivity contribution in [3.8, 4) is 17.2 Å². The van der Waals surface area contributed by atoms with Gasteiger partial charge in [-0.2, -0.15) is 0 Å². The Morgan fingerprint density at radius 3 is 2.66 bits per heavy atom. The Hall–Kier alpha value is -3.03. The average Bonchev–Trinajstić information content (AvgIpc) is 2.99. The fraction of sp³-hybridized carbons (Fsp3) is 0.333. The summed E-state index contributed by atoms with van der Waals surface area (Å²) < 4.78 is 19.9. The molecule has 0 bridgehead atoms. The van der Waals surface area contributed by atoms with Gasteiger partial charge in [0.15, 0.2) is 11.5 Å². The van der Waals surface area contributed by atoms with E-state index in [1.165, 1.54) is 0 Å². The van der Waals surface area contributed by atoms with Crippen molar-refractivity contribution in [1.82, 2.24) is 9.55 Å². The molecule has 0 saturated heterocycles. The normalized spacial score (nSPS) is 17.3. The minimum atomic E-state index is -0.888. The molecular weight excluding hydrogens is 432 g/mol. The van der Waals surface area contributed by atoms with E-state index in [4.69, 9.17) is 30.8 Å². The molecule has 0 amide bonds. The Kier molecular flexibility index (Phi) is 6.13. The second-order valence-electron chi connectivity index (χ2n) is 7.70. The molecular formula is C24H25ClN2O5. The first-order chi connectivity index (χ1) is 15.3. The van der Waals surface area contributed by atoms with Crippen LogP contribution >= 0.6 is 11.6 Å². The summed E-state index contributed by atoms with van der Waals surface area (Å²) in [5.74, 6) is 0.915. The molecule has 3 aromatic rings. The lowest BCUT2D eigenvalue weighted by atomic mass is 9.98. The van der Waals surface area contributed by atoms with E-state index in [-0.39, 0.29) is 12.8 Å². The first kappa shape index (κ1) is 22.2. The van der Waals surface area contributed by atoms with Gasteiger partial charge < -0.3 is 19.3 Å². The number of hydrogen-bond donors (Lipinski definition) is 1. The highest BCUT2D eigenvalue weighted by Crippen LogP contribution is 2.46. The molecule has 0 saturated carbocycles. The van der Waals surface area contributed by atoms with E-state index < -0.39 is 18.2 Å². The summed E-state index contributed by atoms with van der Waals surface area (Å²) >= 11 is 6.41. The van der Waals surface area contributed by atoms with Crippen molar-refractivity contribution in [3.63, 3.8) is 0 Å². The molecule has 1 N–H and O–H groups in total. The Bertz CT molecular complexity index is 1170. The van der Waals surface area contributed by atoms with Gasteiger partial charge >= 0.3 is 5.97 Å². The number of halogens is 1. The number of methoxy groups -OCH3 is 2. The fourth-order valence-corrected chi connectivity index (χ4v) is 4.39. The van der Waals surface area contributed by atoms with E-state index in [0.29, 0.717) is 22.3 Å². The third kappa shape index (κ3) is 3.82. The number of fused-ring (bicyclic) bond motifs is 3. The van der Waals surface area contributed by atoms with Gasteiger partial charge in [-0.3, -0.25) is 9.36 Å². The third-order valence-corrected chi connectivity index (χ3v) is 6.04. The molecule has 1 aliphatic heterocycles. The van der Waals surface area contributed by atoms with Gasteiger partial charge in [-0.05, 0) is 44.5 Å². The van der Waals surface area contributed by atoms with Gasteiger partial charge in [0.05, 0.1) is 25.6 Å². The van der Waals surface area contributed by atoms with Crippen LogP contribution in [-0.4, -0.2) is 34.8 Å². The zero-order valence-electron chi connectivity index (χ0n) is 18.4. The Morgan fingerprint density at radius 1 is 1.19 bits per heavy atom. The number of hydrogen-bond acceptors (Lipinski definition) is 5.